The molecule has 2 atom stereocenters. The summed E-state index contributed by atoms with van der Waals surface area (Å²) in [6.45, 7) is -0.589. The smallest absolute Gasteiger partial charge is 0.266 e. The Morgan fingerprint density at radius 3 is 2.75 bits per heavy atom. The highest BCUT2D eigenvalue weighted by atomic mass is 16.4. The minimum absolute atomic E-state index is 0.157. The van der Waals surface area contributed by atoms with Gasteiger partial charge >= 0.3 is 0 Å². The third-order valence-corrected chi connectivity index (χ3v) is 2.05. The van der Waals surface area contributed by atoms with E-state index in [0.29, 0.717) is 0 Å². The summed E-state index contributed by atoms with van der Waals surface area (Å²) in [4.78, 5) is 14.9. The molecule has 1 amide bonds. The summed E-state index contributed by atoms with van der Waals surface area (Å²) in [6, 6.07) is 1.33. The van der Waals surface area contributed by atoms with Crippen LogP contribution in [0.15, 0.2) is 18.5 Å². The largest absolute Gasteiger partial charge is 0.394 e. The zero-order chi connectivity index (χ0) is 12.1. The molecule has 0 radical (unpaired) electrons. The topological polar surface area (TPSA) is 129 Å². The summed E-state index contributed by atoms with van der Waals surface area (Å²) in [5.74, 6) is 4.38. The molecule has 2 unspecified atom stereocenters. The van der Waals surface area contributed by atoms with Gasteiger partial charge in [0.15, 0.2) is 0 Å². The van der Waals surface area contributed by atoms with Crippen molar-refractivity contribution in [3.8, 4) is 0 Å². The number of amides is 1. The number of nitrogens with two attached hydrogens (primary N) is 1. The maximum Gasteiger partial charge on any atom is 0.266 e. The molecule has 0 spiro atoms. The zero-order valence-electron chi connectivity index (χ0n) is 8.37. The summed E-state index contributed by atoms with van der Waals surface area (Å²) >= 11 is 0. The van der Waals surface area contributed by atoms with Crippen molar-refractivity contribution in [2.24, 2.45) is 5.84 Å². The van der Waals surface area contributed by atoms with Gasteiger partial charge in [-0.05, 0) is 6.07 Å². The van der Waals surface area contributed by atoms with Crippen molar-refractivity contribution in [3.05, 3.63) is 29.6 Å². The number of hydrogen-bond acceptors (Lipinski definition) is 6. The first-order chi connectivity index (χ1) is 7.60. The molecule has 6 N–H and O–H groups in total. The van der Waals surface area contributed by atoms with Gasteiger partial charge in [0.1, 0.15) is 12.2 Å². The van der Waals surface area contributed by atoms with Crippen molar-refractivity contribution < 1.29 is 20.1 Å². The molecule has 1 rings (SSSR count). The number of aliphatic hydroxyl groups excluding tert-OH is 3. The maximum absolute atomic E-state index is 11.2. The highest BCUT2D eigenvalue weighted by Crippen LogP contribution is 2.16. The van der Waals surface area contributed by atoms with Crippen LogP contribution in [0.1, 0.15) is 22.0 Å². The molecule has 0 saturated carbocycles. The third kappa shape index (κ3) is 2.74. The monoisotopic (exact) mass is 227 g/mol. The van der Waals surface area contributed by atoms with E-state index in [1.54, 1.807) is 0 Å². The van der Waals surface area contributed by atoms with Gasteiger partial charge in [0.2, 0.25) is 0 Å². The molecular weight excluding hydrogens is 214 g/mol. The molecule has 0 bridgehead atoms. The number of hydrogen-bond donors (Lipinski definition) is 5. The van der Waals surface area contributed by atoms with Gasteiger partial charge in [-0.1, -0.05) is 0 Å². The molecule has 0 fully saturated rings. The van der Waals surface area contributed by atoms with Crippen LogP contribution in [0.4, 0.5) is 0 Å². The average molecular weight is 227 g/mol. The predicted octanol–water partition coefficient (Wildman–Crippen LogP) is -1.93. The van der Waals surface area contributed by atoms with E-state index in [2.05, 4.69) is 4.98 Å². The van der Waals surface area contributed by atoms with Crippen molar-refractivity contribution in [1.29, 1.82) is 0 Å². The summed E-state index contributed by atoms with van der Waals surface area (Å²) in [7, 11) is 0. The fourth-order valence-electron chi connectivity index (χ4n) is 1.15. The van der Waals surface area contributed by atoms with Gasteiger partial charge in [-0.15, -0.1) is 0 Å². The number of pyridine rings is 1. The van der Waals surface area contributed by atoms with E-state index in [-0.39, 0.29) is 11.1 Å². The SMILES string of the molecule is NNC(=O)c1cncc(C(O)C(O)CO)c1. The Hall–Kier alpha value is -1.54. The zero-order valence-corrected chi connectivity index (χ0v) is 8.37. The van der Waals surface area contributed by atoms with Gasteiger partial charge < -0.3 is 15.3 Å². The Bertz CT molecular complexity index is 372. The van der Waals surface area contributed by atoms with Gasteiger partial charge in [0.25, 0.3) is 5.91 Å². The number of nitrogen functional groups attached to an aromatic ring is 1. The maximum atomic E-state index is 11.2. The first-order valence-electron chi connectivity index (χ1n) is 4.53. The van der Waals surface area contributed by atoms with Crippen molar-refractivity contribution in [2.45, 2.75) is 12.2 Å². The second kappa shape index (κ2) is 5.52. The van der Waals surface area contributed by atoms with Crippen molar-refractivity contribution in [3.63, 3.8) is 0 Å². The number of hydrazine groups is 1. The van der Waals surface area contributed by atoms with Gasteiger partial charge in [-0.25, -0.2) is 5.84 Å². The molecule has 7 heteroatoms. The number of nitrogens with zero attached hydrogens (tertiary/aromatic N) is 1. The lowest BCUT2D eigenvalue weighted by Crippen LogP contribution is -2.30. The van der Waals surface area contributed by atoms with Crippen LogP contribution in [0.5, 0.6) is 0 Å². The van der Waals surface area contributed by atoms with Crippen LogP contribution in [0.25, 0.3) is 0 Å². The molecule has 0 saturated heterocycles. The molecule has 0 aromatic carbocycles. The number of aliphatic hydroxyl groups is 3. The van der Waals surface area contributed by atoms with Crippen molar-refractivity contribution >= 4 is 5.91 Å². The van der Waals surface area contributed by atoms with Crippen molar-refractivity contribution in [2.75, 3.05) is 6.61 Å². The number of rotatable bonds is 4. The van der Waals surface area contributed by atoms with Crippen LogP contribution < -0.4 is 11.3 Å². The second-order valence-electron chi connectivity index (χ2n) is 3.18. The molecule has 7 nitrogen and oxygen atoms in total. The minimum Gasteiger partial charge on any atom is -0.394 e. The fraction of sp³-hybridized carbons (Fsp3) is 0.333. The van der Waals surface area contributed by atoms with E-state index in [0.717, 1.165) is 0 Å². The first kappa shape index (κ1) is 12.5. The molecule has 0 aliphatic heterocycles. The van der Waals surface area contributed by atoms with Crippen LogP contribution in [0.3, 0.4) is 0 Å². The molecule has 1 aromatic rings. The van der Waals surface area contributed by atoms with Crippen LogP contribution in [-0.4, -0.2) is 38.9 Å². The standard InChI is InChI=1S/C9H13N3O4/c10-12-9(16)6-1-5(2-11-3-6)8(15)7(14)4-13/h1-3,7-8,13-15H,4,10H2,(H,12,16). The van der Waals surface area contributed by atoms with E-state index < -0.39 is 24.7 Å². The van der Waals surface area contributed by atoms with Gasteiger partial charge in [0, 0.05) is 18.0 Å². The molecule has 1 heterocycles. The van der Waals surface area contributed by atoms with Gasteiger partial charge in [0.05, 0.1) is 12.2 Å². The van der Waals surface area contributed by atoms with Crippen molar-refractivity contribution in [1.82, 2.24) is 10.4 Å². The van der Waals surface area contributed by atoms with Crippen LogP contribution >= 0.6 is 0 Å². The summed E-state index contributed by atoms with van der Waals surface area (Å²) in [5.41, 5.74) is 2.30. The number of carbonyl (C=O) groups is 1. The molecule has 1 aromatic heterocycles. The predicted molar refractivity (Wildman–Crippen MR) is 53.9 cm³/mol. The summed E-state index contributed by atoms with van der Waals surface area (Å²) in [6.07, 6.45) is -0.0679. The molecule has 88 valence electrons. The number of aromatic nitrogens is 1. The van der Waals surface area contributed by atoms with E-state index in [1.165, 1.54) is 18.5 Å². The first-order valence-corrected chi connectivity index (χ1v) is 4.53. The minimum atomic E-state index is -1.32. The summed E-state index contributed by atoms with van der Waals surface area (Å²) in [5, 5.41) is 27.4. The van der Waals surface area contributed by atoms with Gasteiger partial charge in [-0.3, -0.25) is 15.2 Å². The molecule has 0 aliphatic rings. The van der Waals surface area contributed by atoms with E-state index >= 15 is 0 Å². The normalized spacial score (nSPS) is 14.2. The summed E-state index contributed by atoms with van der Waals surface area (Å²) < 4.78 is 0. The van der Waals surface area contributed by atoms with Crippen LogP contribution in [0.2, 0.25) is 0 Å². The Morgan fingerprint density at radius 1 is 1.50 bits per heavy atom. The second-order valence-corrected chi connectivity index (χ2v) is 3.18. The highest BCUT2D eigenvalue weighted by molar-refractivity contribution is 5.93. The Kier molecular flexibility index (Phi) is 4.32. The van der Waals surface area contributed by atoms with E-state index in [9.17, 15) is 15.0 Å². The lowest BCUT2D eigenvalue weighted by molar-refractivity contribution is -0.0154. The molecule has 0 aliphatic carbocycles. The number of carbonyl (C=O) groups excluding carboxylic acids is 1. The van der Waals surface area contributed by atoms with Crippen LogP contribution in [0, 0.1) is 0 Å². The molecular formula is C9H13N3O4. The quantitative estimate of drug-likeness (QED) is 0.231. The van der Waals surface area contributed by atoms with Crippen LogP contribution in [-0.2, 0) is 0 Å². The van der Waals surface area contributed by atoms with E-state index in [1.807, 2.05) is 5.43 Å². The number of nitrogens with one attached hydrogen (secondary N) is 1. The Balaban J connectivity index is 2.94. The highest BCUT2D eigenvalue weighted by Gasteiger charge is 2.18. The van der Waals surface area contributed by atoms with E-state index in [4.69, 9.17) is 10.9 Å². The third-order valence-electron chi connectivity index (χ3n) is 2.05. The van der Waals surface area contributed by atoms with Gasteiger partial charge in [-0.2, -0.15) is 0 Å². The average Bonchev–Trinajstić information content (AvgIpc) is 2.36. The Morgan fingerprint density at radius 2 is 2.19 bits per heavy atom. The Labute approximate surface area is 91.5 Å². The molecule has 16 heavy (non-hydrogen) atoms. The lowest BCUT2D eigenvalue weighted by atomic mass is 10.1. The lowest BCUT2D eigenvalue weighted by Gasteiger charge is -2.15. The fourth-order valence-corrected chi connectivity index (χ4v) is 1.15.